The fourth-order valence-corrected chi connectivity index (χ4v) is 3.13. The molecule has 0 aliphatic heterocycles. The molecule has 1 aromatic heterocycles. The molecular weight excluding hydrogens is 359 g/mol. The first-order chi connectivity index (χ1) is 8.69. The van der Waals surface area contributed by atoms with E-state index in [1.165, 1.54) is 8.45 Å². The van der Waals surface area contributed by atoms with Crippen molar-refractivity contribution < 1.29 is 4.74 Å². The average molecular weight is 374 g/mol. The van der Waals surface area contributed by atoms with Crippen LogP contribution in [-0.4, -0.2) is 12.1 Å². The second-order valence-corrected chi connectivity index (χ2v) is 6.95. The zero-order valence-corrected chi connectivity index (χ0v) is 13.3. The number of rotatable bonds is 5. The van der Waals surface area contributed by atoms with E-state index in [1.807, 2.05) is 18.3 Å². The molecular formula is C13H15IN2OS. The van der Waals surface area contributed by atoms with Crippen molar-refractivity contribution in [2.24, 2.45) is 0 Å². The molecule has 1 heterocycles. The molecule has 2 rings (SSSR count). The van der Waals surface area contributed by atoms with Crippen LogP contribution >= 0.6 is 33.9 Å². The number of halogens is 1. The zero-order valence-electron chi connectivity index (χ0n) is 10.3. The van der Waals surface area contributed by atoms with Crippen molar-refractivity contribution in [1.82, 2.24) is 10.3 Å². The third-order valence-corrected chi connectivity index (χ3v) is 4.40. The van der Waals surface area contributed by atoms with E-state index >= 15 is 0 Å². The Balaban J connectivity index is 1.96. The van der Waals surface area contributed by atoms with Crippen LogP contribution in [0.2, 0.25) is 0 Å². The van der Waals surface area contributed by atoms with Gasteiger partial charge in [0.15, 0.2) is 0 Å². The van der Waals surface area contributed by atoms with Crippen molar-refractivity contribution in [2.75, 3.05) is 7.11 Å². The van der Waals surface area contributed by atoms with Crippen molar-refractivity contribution in [1.29, 1.82) is 0 Å². The lowest BCUT2D eigenvalue weighted by Gasteiger charge is -2.14. The average Bonchev–Trinajstić information content (AvgIpc) is 2.82. The number of nitrogens with one attached hydrogen (secondary N) is 1. The Morgan fingerprint density at radius 1 is 1.50 bits per heavy atom. The van der Waals surface area contributed by atoms with Crippen LogP contribution < -0.4 is 10.1 Å². The number of aromatic nitrogens is 1. The van der Waals surface area contributed by atoms with Crippen LogP contribution in [0.25, 0.3) is 0 Å². The van der Waals surface area contributed by atoms with E-state index in [2.05, 4.69) is 51.9 Å². The summed E-state index contributed by atoms with van der Waals surface area (Å²) in [5, 5.41) is 4.59. The molecule has 0 radical (unpaired) electrons. The monoisotopic (exact) mass is 374 g/mol. The van der Waals surface area contributed by atoms with Gasteiger partial charge in [0.25, 0.3) is 0 Å². The molecule has 0 aliphatic carbocycles. The molecule has 0 amide bonds. The van der Waals surface area contributed by atoms with Gasteiger partial charge in [-0.1, -0.05) is 12.1 Å². The molecule has 1 atom stereocenters. The fourth-order valence-electron chi connectivity index (χ4n) is 1.64. The predicted molar refractivity (Wildman–Crippen MR) is 83.1 cm³/mol. The van der Waals surface area contributed by atoms with Gasteiger partial charge in [0, 0.05) is 12.6 Å². The highest BCUT2D eigenvalue weighted by Crippen LogP contribution is 2.20. The lowest BCUT2D eigenvalue weighted by atomic mass is 10.1. The molecule has 0 saturated heterocycles. The quantitative estimate of drug-likeness (QED) is 0.812. The Bertz CT molecular complexity index is 515. The topological polar surface area (TPSA) is 34.1 Å². The Kier molecular flexibility index (Phi) is 4.96. The molecule has 0 spiro atoms. The van der Waals surface area contributed by atoms with Gasteiger partial charge < -0.3 is 10.1 Å². The molecule has 5 heteroatoms. The molecule has 0 saturated carbocycles. The van der Waals surface area contributed by atoms with Crippen molar-refractivity contribution in [3.8, 4) is 5.75 Å². The minimum Gasteiger partial charge on any atom is -0.497 e. The first kappa shape index (κ1) is 13.8. The van der Waals surface area contributed by atoms with Gasteiger partial charge >= 0.3 is 0 Å². The summed E-state index contributed by atoms with van der Waals surface area (Å²) in [5.74, 6) is 0.893. The summed E-state index contributed by atoms with van der Waals surface area (Å²) in [7, 11) is 1.69. The van der Waals surface area contributed by atoms with Crippen LogP contribution in [0.4, 0.5) is 0 Å². The van der Waals surface area contributed by atoms with Gasteiger partial charge in [-0.15, -0.1) is 11.3 Å². The van der Waals surface area contributed by atoms with E-state index in [0.717, 1.165) is 17.3 Å². The normalized spacial score (nSPS) is 12.4. The van der Waals surface area contributed by atoms with E-state index < -0.39 is 0 Å². The number of ether oxygens (including phenoxy) is 1. The standard InChI is InChI=1S/C13H15IN2OS/c1-9(10-4-3-5-11(6-10)17-2)15-8-13-16-7-12(14)18-13/h3-7,9,15H,8H2,1-2H3. The maximum atomic E-state index is 5.23. The number of nitrogens with zero attached hydrogens (tertiary/aromatic N) is 1. The number of benzene rings is 1. The molecule has 0 aliphatic rings. The van der Waals surface area contributed by atoms with E-state index in [1.54, 1.807) is 18.4 Å². The van der Waals surface area contributed by atoms with Gasteiger partial charge in [0.05, 0.1) is 16.2 Å². The maximum Gasteiger partial charge on any atom is 0.119 e. The van der Waals surface area contributed by atoms with Crippen LogP contribution in [0.5, 0.6) is 5.75 Å². The number of hydrogen-bond acceptors (Lipinski definition) is 4. The third-order valence-electron chi connectivity index (χ3n) is 2.68. The lowest BCUT2D eigenvalue weighted by molar-refractivity contribution is 0.413. The minimum absolute atomic E-state index is 0.279. The summed E-state index contributed by atoms with van der Waals surface area (Å²) >= 11 is 4.01. The van der Waals surface area contributed by atoms with Crippen molar-refractivity contribution in [3.63, 3.8) is 0 Å². The van der Waals surface area contributed by atoms with Gasteiger partial charge in [-0.25, -0.2) is 4.98 Å². The van der Waals surface area contributed by atoms with E-state index in [4.69, 9.17) is 4.74 Å². The Labute approximate surface area is 125 Å². The highest BCUT2D eigenvalue weighted by molar-refractivity contribution is 14.1. The highest BCUT2D eigenvalue weighted by Gasteiger charge is 2.07. The van der Waals surface area contributed by atoms with Crippen molar-refractivity contribution in [3.05, 3.63) is 43.9 Å². The summed E-state index contributed by atoms with van der Waals surface area (Å²) in [5.41, 5.74) is 1.22. The Hall–Kier alpha value is -0.660. The molecule has 1 unspecified atom stereocenters. The van der Waals surface area contributed by atoms with Gasteiger partial charge in [0.1, 0.15) is 10.8 Å². The summed E-state index contributed by atoms with van der Waals surface area (Å²) in [6, 6.07) is 8.41. The Morgan fingerprint density at radius 3 is 3.00 bits per heavy atom. The summed E-state index contributed by atoms with van der Waals surface area (Å²) in [6.07, 6.45) is 1.90. The van der Waals surface area contributed by atoms with Crippen molar-refractivity contribution >= 4 is 33.9 Å². The SMILES string of the molecule is COc1cccc(C(C)NCc2ncc(I)s2)c1. The molecule has 0 bridgehead atoms. The van der Waals surface area contributed by atoms with Crippen LogP contribution in [0.15, 0.2) is 30.5 Å². The molecule has 3 nitrogen and oxygen atoms in total. The van der Waals surface area contributed by atoms with Gasteiger partial charge in [-0.3, -0.25) is 0 Å². The molecule has 1 aromatic carbocycles. The summed E-state index contributed by atoms with van der Waals surface area (Å²) in [6.45, 7) is 2.94. The van der Waals surface area contributed by atoms with Gasteiger partial charge in [-0.05, 0) is 47.2 Å². The zero-order chi connectivity index (χ0) is 13.0. The number of hydrogen-bond donors (Lipinski definition) is 1. The van der Waals surface area contributed by atoms with E-state index in [-0.39, 0.29) is 6.04 Å². The third kappa shape index (κ3) is 3.66. The summed E-state index contributed by atoms with van der Waals surface area (Å²) < 4.78 is 6.45. The molecule has 96 valence electrons. The van der Waals surface area contributed by atoms with Crippen LogP contribution in [0, 0.1) is 2.88 Å². The van der Waals surface area contributed by atoms with Crippen LogP contribution in [0.1, 0.15) is 23.5 Å². The number of methoxy groups -OCH3 is 1. The first-order valence-corrected chi connectivity index (χ1v) is 7.56. The van der Waals surface area contributed by atoms with E-state index in [9.17, 15) is 0 Å². The largest absolute Gasteiger partial charge is 0.497 e. The van der Waals surface area contributed by atoms with E-state index in [0.29, 0.717) is 0 Å². The highest BCUT2D eigenvalue weighted by atomic mass is 127. The second kappa shape index (κ2) is 6.49. The lowest BCUT2D eigenvalue weighted by Crippen LogP contribution is -2.17. The molecule has 18 heavy (non-hydrogen) atoms. The first-order valence-electron chi connectivity index (χ1n) is 5.66. The Morgan fingerprint density at radius 2 is 2.33 bits per heavy atom. The van der Waals surface area contributed by atoms with Crippen LogP contribution in [-0.2, 0) is 6.54 Å². The van der Waals surface area contributed by atoms with Crippen LogP contribution in [0.3, 0.4) is 0 Å². The minimum atomic E-state index is 0.279. The smallest absolute Gasteiger partial charge is 0.119 e. The fraction of sp³-hybridized carbons (Fsp3) is 0.308. The second-order valence-electron chi connectivity index (χ2n) is 3.94. The molecule has 0 fully saturated rings. The molecule has 2 aromatic rings. The van der Waals surface area contributed by atoms with Crippen molar-refractivity contribution in [2.45, 2.75) is 19.5 Å². The predicted octanol–water partition coefficient (Wildman–Crippen LogP) is 3.61. The maximum absolute atomic E-state index is 5.23. The summed E-state index contributed by atoms with van der Waals surface area (Å²) in [4.78, 5) is 4.34. The number of thiazole rings is 1. The molecule has 1 N–H and O–H groups in total. The van der Waals surface area contributed by atoms with Gasteiger partial charge in [-0.2, -0.15) is 0 Å². The van der Waals surface area contributed by atoms with Gasteiger partial charge in [0.2, 0.25) is 0 Å².